The minimum Gasteiger partial charge on any atom is -0.445 e. The molecule has 0 atom stereocenters. The Balaban J connectivity index is 1.47. The zero-order valence-corrected chi connectivity index (χ0v) is 14.0. The Morgan fingerprint density at radius 2 is 1.75 bits per heavy atom. The van der Waals surface area contributed by atoms with Crippen molar-refractivity contribution in [3.05, 3.63) is 35.9 Å². The molecule has 3 rings (SSSR count). The number of likely N-dealkylation sites (tertiary alicyclic amines) is 1. The SMILES string of the molecule is C#CC1(F)CCC2(CCN(C(=O)OCc3ccccc3)CC2)CC1. The van der Waals surface area contributed by atoms with E-state index in [9.17, 15) is 9.18 Å². The van der Waals surface area contributed by atoms with Crippen molar-refractivity contribution in [3.8, 4) is 12.3 Å². The lowest BCUT2D eigenvalue weighted by molar-refractivity contribution is 0.0175. The monoisotopic (exact) mass is 329 g/mol. The van der Waals surface area contributed by atoms with Crippen LogP contribution in [0.5, 0.6) is 0 Å². The first-order chi connectivity index (χ1) is 11.5. The molecule has 1 aliphatic heterocycles. The molecule has 1 aromatic rings. The van der Waals surface area contributed by atoms with Crippen LogP contribution in [0.25, 0.3) is 0 Å². The van der Waals surface area contributed by atoms with Crippen LogP contribution < -0.4 is 0 Å². The summed E-state index contributed by atoms with van der Waals surface area (Å²) in [5.41, 5.74) is -0.278. The molecule has 2 aliphatic rings. The van der Waals surface area contributed by atoms with Crippen LogP contribution in [0.4, 0.5) is 9.18 Å². The van der Waals surface area contributed by atoms with Crippen LogP contribution in [0.2, 0.25) is 0 Å². The summed E-state index contributed by atoms with van der Waals surface area (Å²) >= 11 is 0. The fourth-order valence-electron chi connectivity index (χ4n) is 3.80. The predicted octanol–water partition coefficient (Wildman–Crippen LogP) is 4.32. The van der Waals surface area contributed by atoms with Crippen molar-refractivity contribution >= 4 is 6.09 Å². The molecule has 1 saturated heterocycles. The maximum Gasteiger partial charge on any atom is 0.410 e. The van der Waals surface area contributed by atoms with Gasteiger partial charge in [-0.15, -0.1) is 6.42 Å². The number of amides is 1. The van der Waals surface area contributed by atoms with E-state index in [-0.39, 0.29) is 11.5 Å². The van der Waals surface area contributed by atoms with Crippen LogP contribution in [-0.4, -0.2) is 29.8 Å². The lowest BCUT2D eigenvalue weighted by Crippen LogP contribution is -2.46. The number of benzene rings is 1. The van der Waals surface area contributed by atoms with Crippen molar-refractivity contribution in [2.75, 3.05) is 13.1 Å². The molecule has 24 heavy (non-hydrogen) atoms. The molecular weight excluding hydrogens is 305 g/mol. The van der Waals surface area contributed by atoms with Crippen molar-refractivity contribution in [2.24, 2.45) is 5.41 Å². The first-order valence-electron chi connectivity index (χ1n) is 8.67. The Bertz CT molecular complexity index is 604. The number of halogens is 1. The minimum atomic E-state index is -1.42. The second kappa shape index (κ2) is 6.84. The van der Waals surface area contributed by atoms with Gasteiger partial charge < -0.3 is 9.64 Å². The van der Waals surface area contributed by atoms with Crippen molar-refractivity contribution < 1.29 is 13.9 Å². The van der Waals surface area contributed by atoms with E-state index >= 15 is 0 Å². The average Bonchev–Trinajstić information content (AvgIpc) is 2.64. The third-order valence-electron chi connectivity index (χ3n) is 5.65. The summed E-state index contributed by atoms with van der Waals surface area (Å²) in [6.07, 6.45) is 9.40. The van der Waals surface area contributed by atoms with Gasteiger partial charge in [0.2, 0.25) is 0 Å². The summed E-state index contributed by atoms with van der Waals surface area (Å²) in [5.74, 6) is 2.31. The molecule has 0 radical (unpaired) electrons. The van der Waals surface area contributed by atoms with E-state index in [4.69, 9.17) is 11.2 Å². The highest BCUT2D eigenvalue weighted by Gasteiger charge is 2.44. The molecule has 0 N–H and O–H groups in total. The van der Waals surface area contributed by atoms with E-state index in [0.29, 0.717) is 32.5 Å². The summed E-state index contributed by atoms with van der Waals surface area (Å²) in [5, 5.41) is 0. The predicted molar refractivity (Wildman–Crippen MR) is 91.0 cm³/mol. The highest BCUT2D eigenvalue weighted by atomic mass is 19.1. The van der Waals surface area contributed by atoms with Crippen molar-refractivity contribution in [2.45, 2.75) is 50.8 Å². The molecule has 128 valence electrons. The van der Waals surface area contributed by atoms with Gasteiger partial charge in [0.1, 0.15) is 6.61 Å². The van der Waals surface area contributed by atoms with Crippen LogP contribution in [0, 0.1) is 17.8 Å². The van der Waals surface area contributed by atoms with Gasteiger partial charge in [0.05, 0.1) is 0 Å². The van der Waals surface area contributed by atoms with Crippen LogP contribution in [0.15, 0.2) is 30.3 Å². The van der Waals surface area contributed by atoms with Crippen LogP contribution in [-0.2, 0) is 11.3 Å². The fourth-order valence-corrected chi connectivity index (χ4v) is 3.80. The van der Waals surface area contributed by atoms with Crippen molar-refractivity contribution in [1.29, 1.82) is 0 Å². The van der Waals surface area contributed by atoms with E-state index in [0.717, 1.165) is 31.2 Å². The number of hydrogen-bond donors (Lipinski definition) is 0. The molecule has 3 nitrogen and oxygen atoms in total. The number of carbonyl (C=O) groups excluding carboxylic acids is 1. The van der Waals surface area contributed by atoms with Gasteiger partial charge in [-0.25, -0.2) is 9.18 Å². The first-order valence-corrected chi connectivity index (χ1v) is 8.67. The third-order valence-corrected chi connectivity index (χ3v) is 5.65. The summed E-state index contributed by atoms with van der Waals surface area (Å²) in [7, 11) is 0. The number of terminal acetylenes is 1. The molecule has 1 spiro atoms. The number of rotatable bonds is 2. The first kappa shape index (κ1) is 16.8. The van der Waals surface area contributed by atoms with Gasteiger partial charge in [-0.1, -0.05) is 36.3 Å². The summed E-state index contributed by atoms with van der Waals surface area (Å²) in [6.45, 7) is 1.67. The van der Waals surface area contributed by atoms with Gasteiger partial charge >= 0.3 is 6.09 Å². The lowest BCUT2D eigenvalue weighted by atomic mass is 9.65. The van der Waals surface area contributed by atoms with E-state index in [1.165, 1.54) is 0 Å². The molecule has 0 bridgehead atoms. The molecule has 1 heterocycles. The molecule has 1 amide bonds. The molecule has 4 heteroatoms. The van der Waals surface area contributed by atoms with Gasteiger partial charge in [0.25, 0.3) is 0 Å². The average molecular weight is 329 g/mol. The molecular formula is C20H24FNO2. The maximum atomic E-state index is 14.2. The van der Waals surface area contributed by atoms with E-state index in [2.05, 4.69) is 5.92 Å². The molecule has 1 aromatic carbocycles. The normalized spacial score (nSPS) is 21.9. The largest absolute Gasteiger partial charge is 0.445 e. The second-order valence-electron chi connectivity index (χ2n) is 7.14. The molecule has 1 saturated carbocycles. The third kappa shape index (κ3) is 3.72. The van der Waals surface area contributed by atoms with E-state index in [1.807, 2.05) is 30.3 Å². The fraction of sp³-hybridized carbons (Fsp3) is 0.550. The van der Waals surface area contributed by atoms with Gasteiger partial charge in [-0.2, -0.15) is 0 Å². The van der Waals surface area contributed by atoms with Crippen LogP contribution in [0.1, 0.15) is 44.1 Å². The lowest BCUT2D eigenvalue weighted by Gasteiger charge is -2.46. The standard InChI is InChI=1S/C20H24FNO2/c1-2-20(21)10-8-19(9-11-20)12-14-22(15-13-19)18(23)24-16-17-6-4-3-5-7-17/h1,3-7H,8-16H2. The Morgan fingerprint density at radius 1 is 1.12 bits per heavy atom. The van der Waals surface area contributed by atoms with Gasteiger partial charge in [0, 0.05) is 13.1 Å². The highest BCUT2D eigenvalue weighted by Crippen LogP contribution is 2.48. The summed E-state index contributed by atoms with van der Waals surface area (Å²) < 4.78 is 19.6. The zero-order chi connectivity index (χ0) is 17.0. The van der Waals surface area contributed by atoms with Crippen molar-refractivity contribution in [1.82, 2.24) is 4.90 Å². The molecule has 1 aliphatic carbocycles. The topological polar surface area (TPSA) is 29.5 Å². The molecule has 0 unspecified atom stereocenters. The Labute approximate surface area is 143 Å². The highest BCUT2D eigenvalue weighted by molar-refractivity contribution is 5.67. The van der Waals surface area contributed by atoms with E-state index < -0.39 is 5.67 Å². The number of carbonyl (C=O) groups is 1. The van der Waals surface area contributed by atoms with Gasteiger partial charge in [-0.3, -0.25) is 0 Å². The zero-order valence-electron chi connectivity index (χ0n) is 14.0. The smallest absolute Gasteiger partial charge is 0.410 e. The number of piperidine rings is 1. The Hall–Kier alpha value is -2.02. The van der Waals surface area contributed by atoms with Crippen LogP contribution in [0.3, 0.4) is 0 Å². The number of ether oxygens (including phenoxy) is 1. The number of alkyl halides is 1. The van der Waals surface area contributed by atoms with Crippen molar-refractivity contribution in [3.63, 3.8) is 0 Å². The second-order valence-corrected chi connectivity index (χ2v) is 7.14. The number of nitrogens with zero attached hydrogens (tertiary/aromatic N) is 1. The van der Waals surface area contributed by atoms with E-state index in [1.54, 1.807) is 4.90 Å². The van der Waals surface area contributed by atoms with Gasteiger partial charge in [0.15, 0.2) is 5.67 Å². The minimum absolute atomic E-state index is 0.155. The Kier molecular flexibility index (Phi) is 4.80. The maximum absolute atomic E-state index is 14.2. The van der Waals surface area contributed by atoms with Gasteiger partial charge in [-0.05, 0) is 49.5 Å². The van der Waals surface area contributed by atoms with Crippen LogP contribution >= 0.6 is 0 Å². The molecule has 0 aromatic heterocycles. The summed E-state index contributed by atoms with van der Waals surface area (Å²) in [6, 6.07) is 9.67. The number of hydrogen-bond acceptors (Lipinski definition) is 2. The quantitative estimate of drug-likeness (QED) is 0.756. The Morgan fingerprint density at radius 3 is 2.33 bits per heavy atom. The molecule has 2 fully saturated rings. The summed E-state index contributed by atoms with van der Waals surface area (Å²) in [4.78, 5) is 14.0.